The molecule has 0 aliphatic carbocycles. The van der Waals surface area contributed by atoms with E-state index < -0.39 is 4.92 Å². The van der Waals surface area contributed by atoms with Crippen molar-refractivity contribution in [2.24, 2.45) is 4.99 Å². The average Bonchev–Trinajstić information content (AvgIpc) is 3.27. The minimum absolute atomic E-state index is 0.0740. The molecule has 0 bridgehead atoms. The van der Waals surface area contributed by atoms with Crippen molar-refractivity contribution in [1.82, 2.24) is 10.6 Å². The third kappa shape index (κ3) is 6.18. The Morgan fingerprint density at radius 2 is 2.10 bits per heavy atom. The Morgan fingerprint density at radius 1 is 1.27 bits per heavy atom. The van der Waals surface area contributed by atoms with Crippen molar-refractivity contribution >= 4 is 11.6 Å². The third-order valence-corrected chi connectivity index (χ3v) is 4.92. The number of hydrogen-bond donors (Lipinski definition) is 2. The number of nitrogens with zero attached hydrogens (tertiary/aromatic N) is 2. The lowest BCUT2D eigenvalue weighted by Gasteiger charge is -2.17. The second-order valence-electron chi connectivity index (χ2n) is 7.26. The highest BCUT2D eigenvalue weighted by Gasteiger charge is 2.17. The van der Waals surface area contributed by atoms with Gasteiger partial charge in [-0.25, -0.2) is 0 Å². The topological polar surface area (TPSA) is 98.0 Å². The molecule has 8 heteroatoms. The first-order chi connectivity index (χ1) is 14.5. The number of benzene rings is 2. The summed E-state index contributed by atoms with van der Waals surface area (Å²) in [5, 5.41) is 17.4. The summed E-state index contributed by atoms with van der Waals surface area (Å²) in [6, 6.07) is 12.7. The smallest absolute Gasteiger partial charge is 0.269 e. The fourth-order valence-corrected chi connectivity index (χ4v) is 3.27. The Labute approximate surface area is 176 Å². The van der Waals surface area contributed by atoms with Crippen molar-refractivity contribution in [2.45, 2.75) is 39.0 Å². The molecule has 3 rings (SSSR count). The number of non-ortho nitro benzene ring substituents is 1. The van der Waals surface area contributed by atoms with Crippen molar-refractivity contribution in [3.63, 3.8) is 0 Å². The van der Waals surface area contributed by atoms with E-state index in [-0.39, 0.29) is 11.8 Å². The molecule has 1 unspecified atom stereocenters. The van der Waals surface area contributed by atoms with Crippen LogP contribution in [-0.4, -0.2) is 37.2 Å². The molecule has 0 radical (unpaired) electrons. The summed E-state index contributed by atoms with van der Waals surface area (Å²) in [6.45, 7) is 4.36. The molecule has 1 aliphatic rings. The molecule has 0 aromatic heterocycles. The fourth-order valence-electron chi connectivity index (χ4n) is 3.27. The first-order valence-electron chi connectivity index (χ1n) is 10.1. The standard InChI is InChI=1S/C22H28N4O4/c1-16-8-9-18(21(11-16)30-15-20-7-4-10-29-20)14-25-22(23-2)24-13-17-5-3-6-19(12-17)26(27)28/h3,5-6,8-9,11-12,20H,4,7,10,13-15H2,1-2H3,(H2,23,24,25). The van der Waals surface area contributed by atoms with E-state index in [1.807, 2.05) is 25.1 Å². The van der Waals surface area contributed by atoms with E-state index in [2.05, 4.69) is 21.7 Å². The molecule has 1 saturated heterocycles. The van der Waals surface area contributed by atoms with Crippen LogP contribution in [-0.2, 0) is 17.8 Å². The van der Waals surface area contributed by atoms with E-state index in [1.165, 1.54) is 6.07 Å². The molecule has 2 aromatic carbocycles. The summed E-state index contributed by atoms with van der Waals surface area (Å²) in [4.78, 5) is 14.8. The van der Waals surface area contributed by atoms with Crippen molar-refractivity contribution < 1.29 is 14.4 Å². The van der Waals surface area contributed by atoms with Crippen LogP contribution >= 0.6 is 0 Å². The summed E-state index contributed by atoms with van der Waals surface area (Å²) >= 11 is 0. The Morgan fingerprint density at radius 3 is 2.83 bits per heavy atom. The maximum absolute atomic E-state index is 10.9. The van der Waals surface area contributed by atoms with Gasteiger partial charge in [0, 0.05) is 44.4 Å². The highest BCUT2D eigenvalue weighted by molar-refractivity contribution is 5.79. The predicted molar refractivity (Wildman–Crippen MR) is 116 cm³/mol. The van der Waals surface area contributed by atoms with E-state index in [0.717, 1.165) is 41.9 Å². The number of hydrogen-bond acceptors (Lipinski definition) is 5. The van der Waals surface area contributed by atoms with Crippen molar-refractivity contribution in [1.29, 1.82) is 0 Å². The average molecular weight is 412 g/mol. The van der Waals surface area contributed by atoms with Gasteiger partial charge in [0.1, 0.15) is 12.4 Å². The van der Waals surface area contributed by atoms with Gasteiger partial charge < -0.3 is 20.1 Å². The first-order valence-corrected chi connectivity index (χ1v) is 10.1. The molecule has 1 atom stereocenters. The fraction of sp³-hybridized carbons (Fsp3) is 0.409. The van der Waals surface area contributed by atoms with Crippen LogP contribution in [0.15, 0.2) is 47.5 Å². The lowest BCUT2D eigenvalue weighted by Crippen LogP contribution is -2.36. The minimum atomic E-state index is -0.397. The molecule has 0 spiro atoms. The van der Waals surface area contributed by atoms with Crippen LogP contribution in [0.1, 0.15) is 29.5 Å². The zero-order chi connectivity index (χ0) is 21.3. The quantitative estimate of drug-likeness (QED) is 0.299. The van der Waals surface area contributed by atoms with Gasteiger partial charge >= 0.3 is 0 Å². The lowest BCUT2D eigenvalue weighted by atomic mass is 10.1. The maximum atomic E-state index is 10.9. The summed E-state index contributed by atoms with van der Waals surface area (Å²) in [7, 11) is 1.69. The van der Waals surface area contributed by atoms with Crippen LogP contribution in [0, 0.1) is 17.0 Å². The molecule has 1 aliphatic heterocycles. The third-order valence-electron chi connectivity index (χ3n) is 4.92. The monoisotopic (exact) mass is 412 g/mol. The minimum Gasteiger partial charge on any atom is -0.491 e. The van der Waals surface area contributed by atoms with Gasteiger partial charge in [-0.2, -0.15) is 0 Å². The second kappa shape index (κ2) is 10.6. The summed E-state index contributed by atoms with van der Waals surface area (Å²) in [6.07, 6.45) is 2.28. The van der Waals surface area contributed by atoms with E-state index in [4.69, 9.17) is 9.47 Å². The van der Waals surface area contributed by atoms with Gasteiger partial charge in [0.25, 0.3) is 5.69 Å². The molecule has 2 aromatic rings. The molecule has 0 saturated carbocycles. The van der Waals surface area contributed by atoms with Crippen LogP contribution in [0.25, 0.3) is 0 Å². The normalized spacial score (nSPS) is 16.3. The molecule has 2 N–H and O–H groups in total. The highest BCUT2D eigenvalue weighted by Crippen LogP contribution is 2.22. The zero-order valence-electron chi connectivity index (χ0n) is 17.4. The van der Waals surface area contributed by atoms with E-state index in [0.29, 0.717) is 25.7 Å². The first kappa shape index (κ1) is 21.6. The lowest BCUT2D eigenvalue weighted by molar-refractivity contribution is -0.384. The SMILES string of the molecule is CN=C(NCc1cccc([N+](=O)[O-])c1)NCc1ccc(C)cc1OCC1CCCO1. The molecular weight excluding hydrogens is 384 g/mol. The summed E-state index contributed by atoms with van der Waals surface area (Å²) in [5.74, 6) is 1.44. The Bertz CT molecular complexity index is 894. The second-order valence-corrected chi connectivity index (χ2v) is 7.26. The van der Waals surface area contributed by atoms with Crippen LogP contribution in [0.5, 0.6) is 5.75 Å². The summed E-state index contributed by atoms with van der Waals surface area (Å²) < 4.78 is 11.7. The maximum Gasteiger partial charge on any atom is 0.269 e. The Hall–Kier alpha value is -3.13. The Balaban J connectivity index is 1.56. The van der Waals surface area contributed by atoms with Gasteiger partial charge in [0.05, 0.1) is 11.0 Å². The number of rotatable bonds is 8. The van der Waals surface area contributed by atoms with E-state index in [1.54, 1.807) is 19.2 Å². The van der Waals surface area contributed by atoms with Gasteiger partial charge in [-0.15, -0.1) is 0 Å². The Kier molecular flexibility index (Phi) is 7.62. The number of aryl methyl sites for hydroxylation is 1. The molecule has 160 valence electrons. The molecule has 8 nitrogen and oxygen atoms in total. The van der Waals surface area contributed by atoms with Gasteiger partial charge in [-0.3, -0.25) is 15.1 Å². The predicted octanol–water partition coefficient (Wildman–Crippen LogP) is 3.33. The van der Waals surface area contributed by atoms with Crippen LogP contribution < -0.4 is 15.4 Å². The van der Waals surface area contributed by atoms with Crippen molar-refractivity contribution in [3.8, 4) is 5.75 Å². The number of aliphatic imine (C=N–C) groups is 1. The van der Waals surface area contributed by atoms with Gasteiger partial charge in [-0.1, -0.05) is 24.3 Å². The van der Waals surface area contributed by atoms with E-state index >= 15 is 0 Å². The van der Waals surface area contributed by atoms with Gasteiger partial charge in [-0.05, 0) is 37.0 Å². The summed E-state index contributed by atoms with van der Waals surface area (Å²) in [5.41, 5.74) is 3.04. The molecular formula is C22H28N4O4. The number of nitrogens with one attached hydrogen (secondary N) is 2. The number of nitro benzene ring substituents is 1. The van der Waals surface area contributed by atoms with Crippen LogP contribution in [0.4, 0.5) is 5.69 Å². The van der Waals surface area contributed by atoms with Crippen molar-refractivity contribution in [3.05, 3.63) is 69.3 Å². The van der Waals surface area contributed by atoms with Crippen LogP contribution in [0.3, 0.4) is 0 Å². The molecule has 30 heavy (non-hydrogen) atoms. The number of nitro groups is 1. The number of guanidine groups is 1. The molecule has 1 fully saturated rings. The van der Waals surface area contributed by atoms with Gasteiger partial charge in [0.2, 0.25) is 0 Å². The van der Waals surface area contributed by atoms with Gasteiger partial charge in [0.15, 0.2) is 5.96 Å². The zero-order valence-corrected chi connectivity index (χ0v) is 17.4. The van der Waals surface area contributed by atoms with E-state index in [9.17, 15) is 10.1 Å². The largest absolute Gasteiger partial charge is 0.491 e. The molecule has 1 heterocycles. The molecule has 0 amide bonds. The van der Waals surface area contributed by atoms with Crippen molar-refractivity contribution in [2.75, 3.05) is 20.3 Å². The number of ether oxygens (including phenoxy) is 2. The van der Waals surface area contributed by atoms with Crippen LogP contribution in [0.2, 0.25) is 0 Å². The highest BCUT2D eigenvalue weighted by atomic mass is 16.6.